The summed E-state index contributed by atoms with van der Waals surface area (Å²) in [6, 6.07) is 16.9. The van der Waals surface area contributed by atoms with E-state index in [0.717, 1.165) is 41.4 Å². The molecule has 6 rings (SSSR count). The molecule has 10 heteroatoms. The Labute approximate surface area is 242 Å². The van der Waals surface area contributed by atoms with Gasteiger partial charge in [-0.2, -0.15) is 15.2 Å². The Hall–Kier alpha value is -4.07. The van der Waals surface area contributed by atoms with Gasteiger partial charge in [0.1, 0.15) is 12.4 Å². The summed E-state index contributed by atoms with van der Waals surface area (Å²) in [5.74, 6) is -1.11. The molecule has 2 aromatic heterocycles. The van der Waals surface area contributed by atoms with E-state index in [0.29, 0.717) is 37.6 Å². The first-order chi connectivity index (χ1) is 19.9. The molecule has 210 valence electrons. The third-order valence-corrected chi connectivity index (χ3v) is 9.09. The maximum Gasteiger partial charge on any atom is 0.319 e. The van der Waals surface area contributed by atoms with Gasteiger partial charge in [-0.25, -0.2) is 4.39 Å². The molecule has 0 N–H and O–H groups in total. The first kappa shape index (κ1) is 27.1. The van der Waals surface area contributed by atoms with E-state index in [1.807, 2.05) is 11.0 Å². The van der Waals surface area contributed by atoms with Crippen molar-refractivity contribution in [3.63, 3.8) is 0 Å². The molecule has 0 bridgehead atoms. The summed E-state index contributed by atoms with van der Waals surface area (Å²) in [6.45, 7) is 5.72. The van der Waals surface area contributed by atoms with E-state index in [1.54, 1.807) is 11.3 Å². The van der Waals surface area contributed by atoms with Crippen LogP contribution in [-0.2, 0) is 4.79 Å². The molecule has 0 aliphatic carbocycles. The van der Waals surface area contributed by atoms with Crippen molar-refractivity contribution in [2.75, 3.05) is 44.7 Å². The Balaban J connectivity index is 1.39. The molecule has 41 heavy (non-hydrogen) atoms. The van der Waals surface area contributed by atoms with Gasteiger partial charge in [0.05, 0.1) is 24.0 Å². The molecular weight excluding hydrogens is 539 g/mol. The van der Waals surface area contributed by atoms with Crippen LogP contribution in [0.15, 0.2) is 60.3 Å². The number of hydrogen-bond acceptors (Lipinski definition) is 8. The van der Waals surface area contributed by atoms with Crippen LogP contribution in [-0.4, -0.2) is 77.6 Å². The molecule has 2 saturated heterocycles. The quantitative estimate of drug-likeness (QED) is 0.275. The number of nitriles is 1. The van der Waals surface area contributed by atoms with Gasteiger partial charge in [0.25, 0.3) is 5.91 Å². The van der Waals surface area contributed by atoms with Gasteiger partial charge >= 0.3 is 6.01 Å². The molecule has 1 amide bonds. The zero-order chi connectivity index (χ0) is 28.5. The van der Waals surface area contributed by atoms with E-state index in [4.69, 9.17) is 14.7 Å². The van der Waals surface area contributed by atoms with Crippen molar-refractivity contribution in [3.05, 3.63) is 60.3 Å². The largest absolute Gasteiger partial charge is 0.462 e. The molecule has 2 aliphatic rings. The third-order valence-electron chi connectivity index (χ3n) is 8.12. The molecule has 0 unspecified atom stereocenters. The number of anilines is 1. The zero-order valence-electron chi connectivity index (χ0n) is 22.9. The number of carbonyl (C=O) groups excluding carboxylic acids is 1. The van der Waals surface area contributed by atoms with E-state index >= 15 is 0 Å². The Bertz CT molecular complexity index is 1670. The number of amides is 1. The molecule has 0 radical (unpaired) electrons. The third kappa shape index (κ3) is 5.35. The number of likely N-dealkylation sites (N-methyl/N-ethyl adjacent to an activating group) is 1. The van der Waals surface area contributed by atoms with E-state index in [9.17, 15) is 14.4 Å². The van der Waals surface area contributed by atoms with Crippen LogP contribution in [0.5, 0.6) is 6.01 Å². The lowest BCUT2D eigenvalue weighted by molar-refractivity contribution is -0.131. The number of rotatable bonds is 7. The van der Waals surface area contributed by atoms with Crippen molar-refractivity contribution in [3.8, 4) is 23.2 Å². The Morgan fingerprint density at radius 2 is 2.07 bits per heavy atom. The van der Waals surface area contributed by atoms with Crippen molar-refractivity contribution in [2.24, 2.45) is 0 Å². The molecule has 4 aromatic rings. The van der Waals surface area contributed by atoms with Crippen molar-refractivity contribution in [1.82, 2.24) is 19.8 Å². The van der Waals surface area contributed by atoms with Crippen LogP contribution in [0.4, 0.5) is 10.2 Å². The molecule has 8 nitrogen and oxygen atoms in total. The molecular formula is C31H31FN6O2S. The van der Waals surface area contributed by atoms with Crippen LogP contribution in [0.2, 0.25) is 0 Å². The molecule has 0 saturated carbocycles. The van der Waals surface area contributed by atoms with Gasteiger partial charge in [-0.15, -0.1) is 11.3 Å². The van der Waals surface area contributed by atoms with Gasteiger partial charge in [-0.05, 0) is 66.5 Å². The molecule has 2 atom stereocenters. The first-order valence-electron chi connectivity index (χ1n) is 13.8. The fourth-order valence-corrected chi connectivity index (χ4v) is 6.83. The number of hydrogen-bond donors (Lipinski definition) is 0. The second-order valence-electron chi connectivity index (χ2n) is 10.7. The van der Waals surface area contributed by atoms with Gasteiger partial charge in [0.15, 0.2) is 5.83 Å². The lowest BCUT2D eigenvalue weighted by Gasteiger charge is -2.41. The van der Waals surface area contributed by atoms with Crippen LogP contribution >= 0.6 is 11.3 Å². The van der Waals surface area contributed by atoms with Crippen LogP contribution < -0.4 is 9.64 Å². The van der Waals surface area contributed by atoms with E-state index in [2.05, 4.69) is 66.4 Å². The number of benzene rings is 2. The highest BCUT2D eigenvalue weighted by Crippen LogP contribution is 2.36. The lowest BCUT2D eigenvalue weighted by atomic mass is 10.0. The van der Waals surface area contributed by atoms with Gasteiger partial charge in [-0.3, -0.25) is 4.79 Å². The van der Waals surface area contributed by atoms with Crippen LogP contribution in [0, 0.1) is 11.3 Å². The minimum atomic E-state index is -1.02. The number of carbonyl (C=O) groups is 1. The van der Waals surface area contributed by atoms with Gasteiger partial charge in [0, 0.05) is 35.8 Å². The van der Waals surface area contributed by atoms with E-state index < -0.39 is 17.8 Å². The Morgan fingerprint density at radius 3 is 2.85 bits per heavy atom. The highest BCUT2D eigenvalue weighted by molar-refractivity contribution is 7.17. The lowest BCUT2D eigenvalue weighted by Crippen LogP contribution is -2.55. The second kappa shape index (κ2) is 11.4. The average Bonchev–Trinajstić information content (AvgIpc) is 3.63. The summed E-state index contributed by atoms with van der Waals surface area (Å²) >= 11 is 1.71. The number of halogens is 1. The Morgan fingerprint density at radius 1 is 1.20 bits per heavy atom. The SMILES string of the molecule is C=C(F)C(=O)N1CCN(c2nc(OC[C@@H]3CCCN3C)nc3cc(-c4cccc5ccsc45)ccc23)C[C@@H]1CC#N. The summed E-state index contributed by atoms with van der Waals surface area (Å²) in [7, 11) is 2.10. The summed E-state index contributed by atoms with van der Waals surface area (Å²) in [4.78, 5) is 27.9. The minimum Gasteiger partial charge on any atom is -0.462 e. The monoisotopic (exact) mass is 570 g/mol. The second-order valence-corrected chi connectivity index (χ2v) is 11.6. The van der Waals surface area contributed by atoms with Crippen molar-refractivity contribution >= 4 is 44.1 Å². The predicted molar refractivity (Wildman–Crippen MR) is 160 cm³/mol. The molecule has 0 spiro atoms. The number of likely N-dealkylation sites (tertiary alicyclic amines) is 1. The zero-order valence-corrected chi connectivity index (χ0v) is 23.7. The summed E-state index contributed by atoms with van der Waals surface area (Å²) in [6.07, 6.45) is 2.28. The number of piperazine rings is 1. The van der Waals surface area contributed by atoms with Gasteiger partial charge in [0.2, 0.25) is 0 Å². The van der Waals surface area contributed by atoms with Crippen molar-refractivity contribution < 1.29 is 13.9 Å². The maximum absolute atomic E-state index is 13.7. The molecule has 2 aromatic carbocycles. The van der Waals surface area contributed by atoms with Crippen molar-refractivity contribution in [1.29, 1.82) is 5.26 Å². The summed E-state index contributed by atoms with van der Waals surface area (Å²) in [5.41, 5.74) is 2.95. The number of thiophene rings is 1. The standard InChI is InChI=1S/C31H31FN6O2S/c1-20(32)30(39)38-15-14-37(18-23(38)10-12-33)29-26-9-8-22(25-7-3-5-21-11-16-41-28(21)25)17-27(26)34-31(35-29)40-19-24-6-4-13-36(24)2/h3,5,7-9,11,16-17,23-24H,1,4,6,10,13-15,18-19H2,2H3/t23-,24-/m0/s1. The molecule has 2 aliphatic heterocycles. The average molecular weight is 571 g/mol. The van der Waals surface area contributed by atoms with Crippen LogP contribution in [0.3, 0.4) is 0 Å². The van der Waals surface area contributed by atoms with E-state index in [1.165, 1.54) is 15.0 Å². The Kier molecular flexibility index (Phi) is 7.56. The highest BCUT2D eigenvalue weighted by Gasteiger charge is 2.33. The molecule has 4 heterocycles. The fraction of sp³-hybridized carbons (Fsp3) is 0.355. The van der Waals surface area contributed by atoms with Gasteiger partial charge < -0.3 is 19.4 Å². The van der Waals surface area contributed by atoms with E-state index in [-0.39, 0.29) is 13.0 Å². The van der Waals surface area contributed by atoms with Gasteiger partial charge in [-0.1, -0.05) is 30.8 Å². The number of nitrogens with zero attached hydrogens (tertiary/aromatic N) is 6. The van der Waals surface area contributed by atoms with Crippen LogP contribution in [0.1, 0.15) is 19.3 Å². The van der Waals surface area contributed by atoms with Crippen LogP contribution in [0.25, 0.3) is 32.1 Å². The summed E-state index contributed by atoms with van der Waals surface area (Å²) in [5, 5.41) is 13.6. The molecule has 2 fully saturated rings. The first-order valence-corrected chi connectivity index (χ1v) is 14.7. The summed E-state index contributed by atoms with van der Waals surface area (Å²) < 4.78 is 21.2. The maximum atomic E-state index is 13.7. The predicted octanol–water partition coefficient (Wildman–Crippen LogP) is 5.40. The number of ether oxygens (including phenoxy) is 1. The van der Waals surface area contributed by atoms with Crippen molar-refractivity contribution in [2.45, 2.75) is 31.3 Å². The fourth-order valence-electron chi connectivity index (χ4n) is 5.90. The number of aromatic nitrogens is 2. The normalized spacial score (nSPS) is 19.5. The topological polar surface area (TPSA) is 85.6 Å². The minimum absolute atomic E-state index is 0.0743. The number of fused-ring (bicyclic) bond motifs is 2. The smallest absolute Gasteiger partial charge is 0.319 e. The highest BCUT2D eigenvalue weighted by atomic mass is 32.1.